The number of aromatic nitrogens is 5. The first-order valence-electron chi connectivity index (χ1n) is 6.99. The Morgan fingerprint density at radius 1 is 1.35 bits per heavy atom. The third-order valence-corrected chi connectivity index (χ3v) is 3.13. The van der Waals surface area contributed by atoms with E-state index >= 15 is 0 Å². The topological polar surface area (TPSA) is 94.9 Å². The van der Waals surface area contributed by atoms with Gasteiger partial charge in [-0.2, -0.15) is 5.10 Å². The van der Waals surface area contributed by atoms with Gasteiger partial charge in [0.25, 0.3) is 0 Å². The largest absolute Gasteiger partial charge is 0.481 e. The fourth-order valence-electron chi connectivity index (χ4n) is 2.08. The number of aromatic amines is 1. The van der Waals surface area contributed by atoms with E-state index in [1.807, 2.05) is 0 Å². The molecule has 118 valence electrons. The molecule has 0 spiro atoms. The average molecular weight is 313 g/mol. The van der Waals surface area contributed by atoms with Crippen molar-refractivity contribution in [1.29, 1.82) is 0 Å². The number of pyridine rings is 1. The van der Waals surface area contributed by atoms with Gasteiger partial charge < -0.3 is 14.5 Å². The molecule has 0 radical (unpaired) electrons. The molecule has 3 heterocycles. The van der Waals surface area contributed by atoms with Crippen LogP contribution in [0.25, 0.3) is 17.1 Å². The Morgan fingerprint density at radius 2 is 2.22 bits per heavy atom. The second-order valence-electron chi connectivity index (χ2n) is 4.56. The van der Waals surface area contributed by atoms with Gasteiger partial charge in [0.15, 0.2) is 5.69 Å². The van der Waals surface area contributed by atoms with Crippen LogP contribution in [0.4, 0.5) is 0 Å². The van der Waals surface area contributed by atoms with Gasteiger partial charge in [-0.05, 0) is 13.0 Å². The Balaban J connectivity index is 2.07. The first-order valence-corrected chi connectivity index (χ1v) is 6.99. The summed E-state index contributed by atoms with van der Waals surface area (Å²) in [5.41, 5.74) is 2.20. The number of rotatable bonds is 5. The third kappa shape index (κ3) is 2.91. The van der Waals surface area contributed by atoms with Gasteiger partial charge in [-0.1, -0.05) is 0 Å². The van der Waals surface area contributed by atoms with Crippen molar-refractivity contribution in [1.82, 2.24) is 24.7 Å². The molecule has 0 aliphatic carbocycles. The molecule has 0 atom stereocenters. The zero-order valence-electron chi connectivity index (χ0n) is 12.7. The lowest BCUT2D eigenvalue weighted by Crippen LogP contribution is -2.07. The van der Waals surface area contributed by atoms with Gasteiger partial charge in [-0.15, -0.1) is 0 Å². The summed E-state index contributed by atoms with van der Waals surface area (Å²) in [5.74, 6) is 0.0114. The highest BCUT2D eigenvalue weighted by molar-refractivity contribution is 5.88. The van der Waals surface area contributed by atoms with E-state index < -0.39 is 5.97 Å². The van der Waals surface area contributed by atoms with Crippen molar-refractivity contribution in [3.8, 4) is 23.0 Å². The van der Waals surface area contributed by atoms with Crippen molar-refractivity contribution in [3.05, 3.63) is 42.6 Å². The van der Waals surface area contributed by atoms with Crippen LogP contribution in [0.2, 0.25) is 0 Å². The predicted molar refractivity (Wildman–Crippen MR) is 81.4 cm³/mol. The van der Waals surface area contributed by atoms with Crippen molar-refractivity contribution >= 4 is 5.97 Å². The number of esters is 1. The van der Waals surface area contributed by atoms with Crippen molar-refractivity contribution in [2.75, 3.05) is 13.7 Å². The minimum Gasteiger partial charge on any atom is -0.481 e. The molecule has 0 saturated heterocycles. The lowest BCUT2D eigenvalue weighted by atomic mass is 10.3. The Hall–Kier alpha value is -3.16. The molecule has 0 aliphatic rings. The molecule has 23 heavy (non-hydrogen) atoms. The van der Waals surface area contributed by atoms with Gasteiger partial charge in [-0.3, -0.25) is 0 Å². The molecule has 8 heteroatoms. The number of nitrogens with one attached hydrogen (secondary N) is 1. The number of carbonyl (C=O) groups excluding carboxylic acids is 1. The lowest BCUT2D eigenvalue weighted by Gasteiger charge is -2.06. The highest BCUT2D eigenvalue weighted by atomic mass is 16.5. The quantitative estimate of drug-likeness (QED) is 0.722. The van der Waals surface area contributed by atoms with Gasteiger partial charge in [0.1, 0.15) is 5.69 Å². The molecule has 0 amide bonds. The van der Waals surface area contributed by atoms with Crippen molar-refractivity contribution in [3.63, 3.8) is 0 Å². The van der Waals surface area contributed by atoms with E-state index in [9.17, 15) is 4.79 Å². The van der Waals surface area contributed by atoms with Crippen LogP contribution < -0.4 is 4.74 Å². The smallest absolute Gasteiger partial charge is 0.358 e. The molecule has 3 rings (SSSR count). The first-order chi connectivity index (χ1) is 11.2. The Bertz CT molecular complexity index is 793. The van der Waals surface area contributed by atoms with E-state index in [1.54, 1.807) is 55.6 Å². The van der Waals surface area contributed by atoms with Gasteiger partial charge in [-0.25, -0.2) is 19.4 Å². The van der Waals surface area contributed by atoms with E-state index in [-0.39, 0.29) is 12.3 Å². The van der Waals surface area contributed by atoms with Crippen LogP contribution >= 0.6 is 0 Å². The summed E-state index contributed by atoms with van der Waals surface area (Å²) in [7, 11) is 1.55. The van der Waals surface area contributed by atoms with Gasteiger partial charge >= 0.3 is 5.97 Å². The van der Waals surface area contributed by atoms with E-state index in [2.05, 4.69) is 20.1 Å². The number of imidazole rings is 1. The van der Waals surface area contributed by atoms with E-state index in [1.165, 1.54) is 0 Å². The molecule has 3 aromatic heterocycles. The van der Waals surface area contributed by atoms with Crippen LogP contribution in [0.15, 0.2) is 36.9 Å². The van der Waals surface area contributed by atoms with Gasteiger partial charge in [0.05, 0.1) is 37.6 Å². The Morgan fingerprint density at radius 3 is 2.83 bits per heavy atom. The molecule has 0 unspecified atom stereocenters. The van der Waals surface area contributed by atoms with Crippen molar-refractivity contribution in [2.24, 2.45) is 0 Å². The molecule has 0 aromatic carbocycles. The maximum Gasteiger partial charge on any atom is 0.358 e. The number of nitrogens with zero attached hydrogens (tertiary/aromatic N) is 4. The third-order valence-electron chi connectivity index (χ3n) is 3.13. The second kappa shape index (κ2) is 6.30. The SMILES string of the molecule is CCOC(=O)c1cc(-c2c[nH]cn2)n(-c2ccc(OC)nc2)n1. The number of methoxy groups -OCH3 is 1. The van der Waals surface area contributed by atoms with Crippen molar-refractivity contribution < 1.29 is 14.3 Å². The molecule has 0 bridgehead atoms. The molecular formula is C15H15N5O3. The number of hydrogen-bond acceptors (Lipinski definition) is 6. The number of H-pyrrole nitrogens is 1. The van der Waals surface area contributed by atoms with E-state index in [4.69, 9.17) is 9.47 Å². The first kappa shape index (κ1) is 14.8. The minimum atomic E-state index is -0.482. The number of ether oxygens (including phenoxy) is 2. The summed E-state index contributed by atoms with van der Waals surface area (Å²) in [6.45, 7) is 2.03. The summed E-state index contributed by atoms with van der Waals surface area (Å²) in [4.78, 5) is 23.2. The lowest BCUT2D eigenvalue weighted by molar-refractivity contribution is 0.0519. The fraction of sp³-hybridized carbons (Fsp3) is 0.200. The van der Waals surface area contributed by atoms with Crippen LogP contribution in [0.1, 0.15) is 17.4 Å². The van der Waals surface area contributed by atoms with E-state index in [0.717, 1.165) is 0 Å². The highest BCUT2D eigenvalue weighted by Gasteiger charge is 2.18. The normalized spacial score (nSPS) is 10.5. The summed E-state index contributed by atoms with van der Waals surface area (Å²) < 4.78 is 11.7. The standard InChI is InChI=1S/C15H15N5O3/c1-3-23-15(21)11-6-13(12-8-16-9-18-12)20(19-11)10-4-5-14(22-2)17-7-10/h4-9H,3H2,1-2H3,(H,16,18). The van der Waals surface area contributed by atoms with Gasteiger partial charge in [0, 0.05) is 18.3 Å². The zero-order chi connectivity index (χ0) is 16.2. The zero-order valence-corrected chi connectivity index (χ0v) is 12.7. The number of hydrogen-bond donors (Lipinski definition) is 1. The molecule has 0 saturated carbocycles. The molecule has 1 N–H and O–H groups in total. The highest BCUT2D eigenvalue weighted by Crippen LogP contribution is 2.23. The maximum atomic E-state index is 11.9. The molecule has 0 aliphatic heterocycles. The van der Waals surface area contributed by atoms with Crippen LogP contribution in [0.3, 0.4) is 0 Å². The summed E-state index contributed by atoms with van der Waals surface area (Å²) in [5, 5.41) is 4.32. The Kier molecular flexibility index (Phi) is 4.05. The molecule has 3 aromatic rings. The summed E-state index contributed by atoms with van der Waals surface area (Å²) in [6.07, 6.45) is 4.89. The van der Waals surface area contributed by atoms with Crippen LogP contribution in [0.5, 0.6) is 5.88 Å². The maximum absolute atomic E-state index is 11.9. The second-order valence-corrected chi connectivity index (χ2v) is 4.56. The van der Waals surface area contributed by atoms with E-state index in [0.29, 0.717) is 23.0 Å². The monoisotopic (exact) mass is 313 g/mol. The van der Waals surface area contributed by atoms with Crippen LogP contribution in [0, 0.1) is 0 Å². The summed E-state index contributed by atoms with van der Waals surface area (Å²) in [6, 6.07) is 5.15. The molecule has 0 fully saturated rings. The molecular weight excluding hydrogens is 298 g/mol. The molecule has 8 nitrogen and oxygen atoms in total. The van der Waals surface area contributed by atoms with Crippen molar-refractivity contribution in [2.45, 2.75) is 6.92 Å². The summed E-state index contributed by atoms with van der Waals surface area (Å²) >= 11 is 0. The fourth-order valence-corrected chi connectivity index (χ4v) is 2.08. The Labute approximate surface area is 132 Å². The van der Waals surface area contributed by atoms with Crippen LogP contribution in [-0.2, 0) is 4.74 Å². The van der Waals surface area contributed by atoms with Crippen LogP contribution in [-0.4, -0.2) is 44.4 Å². The predicted octanol–water partition coefficient (Wildman–Crippen LogP) is 1.84. The van der Waals surface area contributed by atoms with Gasteiger partial charge in [0.2, 0.25) is 5.88 Å². The average Bonchev–Trinajstić information content (AvgIpc) is 3.24. The number of carbonyl (C=O) groups is 1. The minimum absolute atomic E-state index is 0.209.